The SMILES string of the molecule is COc1ccc([I+]c2cc(C)cc(C)c2)cc1. The summed E-state index contributed by atoms with van der Waals surface area (Å²) in [6.07, 6.45) is 0. The molecule has 0 aromatic heterocycles. The van der Waals surface area contributed by atoms with Crippen molar-refractivity contribution in [2.75, 3.05) is 7.11 Å². The van der Waals surface area contributed by atoms with Gasteiger partial charge in [0.1, 0.15) is 5.75 Å². The van der Waals surface area contributed by atoms with Crippen LogP contribution in [-0.2, 0) is 0 Å². The van der Waals surface area contributed by atoms with Crippen LogP contribution in [0, 0.1) is 21.0 Å². The third-order valence-electron chi connectivity index (χ3n) is 2.45. The van der Waals surface area contributed by atoms with Gasteiger partial charge in [-0.15, -0.1) is 0 Å². The molecule has 0 fully saturated rings. The lowest BCUT2D eigenvalue weighted by atomic mass is 10.2. The van der Waals surface area contributed by atoms with Crippen LogP contribution < -0.4 is 25.9 Å². The van der Waals surface area contributed by atoms with Crippen molar-refractivity contribution in [3.63, 3.8) is 0 Å². The Balaban J connectivity index is 2.19. The van der Waals surface area contributed by atoms with Gasteiger partial charge in [-0.05, 0) is 61.4 Å². The highest BCUT2D eigenvalue weighted by molar-refractivity contribution is 5.22. The first-order chi connectivity index (χ1) is 8.17. The fourth-order valence-corrected chi connectivity index (χ4v) is 4.47. The molecule has 0 aliphatic carbocycles. The second kappa shape index (κ2) is 5.54. The molecule has 1 nitrogen and oxygen atoms in total. The Morgan fingerprint density at radius 2 is 1.41 bits per heavy atom. The smallest absolute Gasteiger partial charge is 0.357 e. The summed E-state index contributed by atoms with van der Waals surface area (Å²) in [6.45, 7) is 4.32. The summed E-state index contributed by atoms with van der Waals surface area (Å²) in [5, 5.41) is 0. The first kappa shape index (κ1) is 12.4. The van der Waals surface area contributed by atoms with Gasteiger partial charge < -0.3 is 4.74 Å². The van der Waals surface area contributed by atoms with Gasteiger partial charge in [-0.1, -0.05) is 6.07 Å². The minimum atomic E-state index is -0.0785. The number of ether oxygens (including phenoxy) is 1. The molecule has 2 rings (SSSR count). The Hall–Kier alpha value is -1.03. The van der Waals surface area contributed by atoms with E-state index in [4.69, 9.17) is 4.74 Å². The van der Waals surface area contributed by atoms with Crippen molar-refractivity contribution in [1.29, 1.82) is 0 Å². The van der Waals surface area contributed by atoms with E-state index >= 15 is 0 Å². The van der Waals surface area contributed by atoms with Crippen LogP contribution in [0.4, 0.5) is 0 Å². The number of methoxy groups -OCH3 is 1. The Kier molecular flexibility index (Phi) is 4.05. The quantitative estimate of drug-likeness (QED) is 0.738. The molecule has 0 unspecified atom stereocenters. The minimum Gasteiger partial charge on any atom is -0.497 e. The molecule has 2 aromatic carbocycles. The Morgan fingerprint density at radius 3 is 1.94 bits per heavy atom. The van der Waals surface area contributed by atoms with Gasteiger partial charge in [0.25, 0.3) is 0 Å². The van der Waals surface area contributed by atoms with Crippen molar-refractivity contribution in [3.8, 4) is 5.75 Å². The van der Waals surface area contributed by atoms with Gasteiger partial charge in [0.15, 0.2) is 7.14 Å². The normalized spacial score (nSPS) is 10.3. The molecule has 0 spiro atoms. The average Bonchev–Trinajstić information content (AvgIpc) is 2.28. The van der Waals surface area contributed by atoms with Crippen molar-refractivity contribution in [2.24, 2.45) is 0 Å². The van der Waals surface area contributed by atoms with Gasteiger partial charge in [0, 0.05) is 0 Å². The molecule has 0 aliphatic rings. The van der Waals surface area contributed by atoms with E-state index in [0.717, 1.165) is 5.75 Å². The molecule has 0 bridgehead atoms. The van der Waals surface area contributed by atoms with Crippen molar-refractivity contribution in [3.05, 3.63) is 60.7 Å². The van der Waals surface area contributed by atoms with E-state index in [9.17, 15) is 0 Å². The number of hydrogen-bond donors (Lipinski definition) is 0. The molecule has 0 amide bonds. The van der Waals surface area contributed by atoms with E-state index in [2.05, 4.69) is 44.2 Å². The van der Waals surface area contributed by atoms with Gasteiger partial charge in [0.2, 0.25) is 0 Å². The maximum absolute atomic E-state index is 5.17. The van der Waals surface area contributed by atoms with E-state index < -0.39 is 0 Å². The number of rotatable bonds is 3. The molecule has 0 saturated heterocycles. The van der Waals surface area contributed by atoms with Crippen molar-refractivity contribution < 1.29 is 25.9 Å². The lowest BCUT2D eigenvalue weighted by Gasteiger charge is -1.97. The molecular weight excluding hydrogens is 323 g/mol. The summed E-state index contributed by atoms with van der Waals surface area (Å²) >= 11 is -0.0785. The molecule has 0 heterocycles. The second-order valence-electron chi connectivity index (χ2n) is 4.06. The summed E-state index contributed by atoms with van der Waals surface area (Å²) in [4.78, 5) is 0. The number of hydrogen-bond acceptors (Lipinski definition) is 1. The van der Waals surface area contributed by atoms with Crippen LogP contribution in [0.2, 0.25) is 0 Å². The molecule has 0 aliphatic heterocycles. The Labute approximate surface area is 113 Å². The van der Waals surface area contributed by atoms with Crippen LogP contribution in [0.3, 0.4) is 0 Å². The Morgan fingerprint density at radius 1 is 0.824 bits per heavy atom. The summed E-state index contributed by atoms with van der Waals surface area (Å²) in [7, 11) is 1.70. The van der Waals surface area contributed by atoms with Gasteiger partial charge in [0.05, 0.1) is 7.11 Å². The van der Waals surface area contributed by atoms with E-state index in [-0.39, 0.29) is 21.2 Å². The van der Waals surface area contributed by atoms with E-state index in [1.165, 1.54) is 18.3 Å². The van der Waals surface area contributed by atoms with E-state index in [0.29, 0.717) is 0 Å². The zero-order valence-corrected chi connectivity index (χ0v) is 12.5. The summed E-state index contributed by atoms with van der Waals surface area (Å²) < 4.78 is 8.07. The number of aryl methyl sites for hydroxylation is 2. The fraction of sp³-hybridized carbons (Fsp3) is 0.200. The molecule has 2 aromatic rings. The molecular formula is C15H16IO+. The molecule has 17 heavy (non-hydrogen) atoms. The van der Waals surface area contributed by atoms with Gasteiger partial charge in [-0.25, -0.2) is 0 Å². The largest absolute Gasteiger partial charge is 0.497 e. The van der Waals surface area contributed by atoms with Crippen LogP contribution in [0.1, 0.15) is 11.1 Å². The fourth-order valence-electron chi connectivity index (χ4n) is 1.73. The van der Waals surface area contributed by atoms with Crippen molar-refractivity contribution >= 4 is 0 Å². The molecule has 2 heteroatoms. The highest BCUT2D eigenvalue weighted by Gasteiger charge is 2.15. The maximum atomic E-state index is 5.17. The molecule has 0 atom stereocenters. The lowest BCUT2D eigenvalue weighted by Crippen LogP contribution is -3.61. The first-order valence-corrected chi connectivity index (χ1v) is 7.70. The maximum Gasteiger partial charge on any atom is 0.357 e. The summed E-state index contributed by atoms with van der Waals surface area (Å²) in [5.74, 6) is 0.929. The number of halogens is 1. The predicted molar refractivity (Wildman–Crippen MR) is 66.3 cm³/mol. The van der Waals surface area contributed by atoms with E-state index in [1.54, 1.807) is 7.11 Å². The van der Waals surface area contributed by atoms with Gasteiger partial charge in [-0.3, -0.25) is 0 Å². The lowest BCUT2D eigenvalue weighted by molar-refractivity contribution is -0.597. The standard InChI is InChI=1S/C15H16IO/c1-11-8-12(2)10-14(9-11)16-13-4-6-15(17-3)7-5-13/h4-10H,1-3H3/q+1. The predicted octanol–water partition coefficient (Wildman–Crippen LogP) is 0.440. The zero-order chi connectivity index (χ0) is 12.3. The van der Waals surface area contributed by atoms with Crippen molar-refractivity contribution in [2.45, 2.75) is 13.8 Å². The zero-order valence-electron chi connectivity index (χ0n) is 10.3. The molecule has 0 N–H and O–H groups in total. The van der Waals surface area contributed by atoms with Crippen LogP contribution >= 0.6 is 0 Å². The van der Waals surface area contributed by atoms with E-state index in [1.807, 2.05) is 12.1 Å². The number of benzene rings is 2. The van der Waals surface area contributed by atoms with Crippen LogP contribution in [-0.4, -0.2) is 7.11 Å². The van der Waals surface area contributed by atoms with Crippen molar-refractivity contribution in [1.82, 2.24) is 0 Å². The van der Waals surface area contributed by atoms with Crippen LogP contribution in [0.25, 0.3) is 0 Å². The highest BCUT2D eigenvalue weighted by atomic mass is 127. The van der Waals surface area contributed by atoms with Crippen LogP contribution in [0.15, 0.2) is 42.5 Å². The molecule has 88 valence electrons. The van der Waals surface area contributed by atoms with Crippen LogP contribution in [0.5, 0.6) is 5.75 Å². The second-order valence-corrected chi connectivity index (χ2v) is 7.09. The van der Waals surface area contributed by atoms with Gasteiger partial charge >= 0.3 is 21.2 Å². The monoisotopic (exact) mass is 339 g/mol. The molecule has 0 radical (unpaired) electrons. The first-order valence-electron chi connectivity index (χ1n) is 5.54. The molecule has 0 saturated carbocycles. The average molecular weight is 339 g/mol. The summed E-state index contributed by atoms with van der Waals surface area (Å²) in [6, 6.07) is 15.2. The summed E-state index contributed by atoms with van der Waals surface area (Å²) in [5.41, 5.74) is 2.71. The Bertz CT molecular complexity index is 483. The topological polar surface area (TPSA) is 9.23 Å². The third-order valence-corrected chi connectivity index (χ3v) is 5.04. The van der Waals surface area contributed by atoms with Gasteiger partial charge in [-0.2, -0.15) is 0 Å². The highest BCUT2D eigenvalue weighted by Crippen LogP contribution is 2.06. The minimum absolute atomic E-state index is 0.0785. The third kappa shape index (κ3) is 3.46.